The largest absolute Gasteiger partial charge is 0.386 e. The van der Waals surface area contributed by atoms with E-state index in [4.69, 9.17) is 0 Å². The number of aliphatic hydroxyl groups is 1. The van der Waals surface area contributed by atoms with Crippen LogP contribution in [-0.4, -0.2) is 21.6 Å². The van der Waals surface area contributed by atoms with E-state index in [1.165, 1.54) is 0 Å². The summed E-state index contributed by atoms with van der Waals surface area (Å²) in [6, 6.07) is 12.7. The molecule has 1 heterocycles. The van der Waals surface area contributed by atoms with Crippen LogP contribution >= 0.6 is 0 Å². The summed E-state index contributed by atoms with van der Waals surface area (Å²) in [6.07, 6.45) is 0. The van der Waals surface area contributed by atoms with Gasteiger partial charge in [-0.1, -0.05) is 49.5 Å². The van der Waals surface area contributed by atoms with E-state index in [1.807, 2.05) is 24.3 Å². The molecular weight excluding hydrogens is 312 g/mol. The first-order valence-electron chi connectivity index (χ1n) is 7.29. The van der Waals surface area contributed by atoms with E-state index in [2.05, 4.69) is 13.1 Å². The molecule has 0 bridgehead atoms. The Morgan fingerprint density at radius 1 is 0.955 bits per heavy atom. The highest BCUT2D eigenvalue weighted by Crippen LogP contribution is 2.34. The molecule has 1 N–H and O–H groups in total. The molecule has 0 aromatic heterocycles. The van der Waals surface area contributed by atoms with Crippen LogP contribution in [0.4, 0.5) is 0 Å². The zero-order valence-corrected chi connectivity index (χ0v) is 15.0. The maximum absolute atomic E-state index is 13.2. The Bertz CT molecular complexity index is 862. The monoisotopic (exact) mass is 332 g/mol. The summed E-state index contributed by atoms with van der Waals surface area (Å²) >= 11 is 0. The summed E-state index contributed by atoms with van der Waals surface area (Å²) < 4.78 is 26.3. The first-order chi connectivity index (χ1) is 10.1. The van der Waals surface area contributed by atoms with Gasteiger partial charge in [0.2, 0.25) is 9.84 Å². The molecule has 0 saturated heterocycles. The maximum atomic E-state index is 13.2. The second kappa shape index (κ2) is 4.53. The van der Waals surface area contributed by atoms with Gasteiger partial charge in [-0.2, -0.15) is 0 Å². The van der Waals surface area contributed by atoms with Crippen molar-refractivity contribution in [1.29, 1.82) is 0 Å². The van der Waals surface area contributed by atoms with E-state index in [0.717, 1.165) is 10.4 Å². The van der Waals surface area contributed by atoms with Crippen LogP contribution < -0.4 is 10.4 Å². The minimum absolute atomic E-state index is 0.317. The molecule has 0 atom stereocenters. The molecule has 5 heteroatoms. The lowest BCUT2D eigenvalue weighted by Crippen LogP contribution is -2.59. The first-order valence-corrected chi connectivity index (χ1v) is 11.8. The Hall–Kier alpha value is -1.43. The van der Waals surface area contributed by atoms with Crippen molar-refractivity contribution in [2.24, 2.45) is 0 Å². The number of hydrogen-bond donors (Lipinski definition) is 1. The maximum Gasteiger partial charge on any atom is 0.206 e. The van der Waals surface area contributed by atoms with Crippen molar-refractivity contribution in [2.45, 2.75) is 42.3 Å². The summed E-state index contributed by atoms with van der Waals surface area (Å²) in [5.41, 5.74) is -0.713. The molecule has 0 amide bonds. The number of benzene rings is 2. The Morgan fingerprint density at radius 2 is 1.55 bits per heavy atom. The zero-order valence-electron chi connectivity index (χ0n) is 13.2. The molecule has 2 aromatic carbocycles. The highest BCUT2D eigenvalue weighted by Gasteiger charge is 2.44. The topological polar surface area (TPSA) is 54.4 Å². The van der Waals surface area contributed by atoms with Gasteiger partial charge in [0.25, 0.3) is 0 Å². The van der Waals surface area contributed by atoms with E-state index < -0.39 is 23.5 Å². The summed E-state index contributed by atoms with van der Waals surface area (Å²) in [5, 5.41) is 12.3. The summed E-state index contributed by atoms with van der Waals surface area (Å²) in [7, 11) is -5.73. The molecular formula is C17H20O3SSi. The first kappa shape index (κ1) is 15.5. The van der Waals surface area contributed by atoms with Gasteiger partial charge >= 0.3 is 0 Å². The molecule has 0 unspecified atom stereocenters. The Balaban J connectivity index is 2.50. The highest BCUT2D eigenvalue weighted by molar-refractivity contribution is 7.92. The van der Waals surface area contributed by atoms with Gasteiger partial charge in [-0.05, 0) is 30.3 Å². The van der Waals surface area contributed by atoms with E-state index in [0.29, 0.717) is 15.4 Å². The molecule has 0 radical (unpaired) electrons. The number of sulfone groups is 1. The van der Waals surface area contributed by atoms with Crippen LogP contribution in [0, 0.1) is 0 Å². The third-order valence-electron chi connectivity index (χ3n) is 4.47. The molecule has 2 aromatic rings. The predicted molar refractivity (Wildman–Crippen MR) is 90.3 cm³/mol. The molecule has 1 aliphatic heterocycles. The zero-order chi connectivity index (χ0) is 16.3. The van der Waals surface area contributed by atoms with Crippen LogP contribution in [0.5, 0.6) is 0 Å². The van der Waals surface area contributed by atoms with Gasteiger partial charge in [-0.3, -0.25) is 0 Å². The molecule has 0 saturated carbocycles. The van der Waals surface area contributed by atoms with E-state index in [1.54, 1.807) is 32.0 Å². The Morgan fingerprint density at radius 3 is 2.18 bits per heavy atom. The average molecular weight is 332 g/mol. The summed E-state index contributed by atoms with van der Waals surface area (Å²) in [5.74, 6) is 0. The minimum atomic E-state index is -3.61. The van der Waals surface area contributed by atoms with Gasteiger partial charge in [0.15, 0.2) is 0 Å². The average Bonchev–Trinajstić information content (AvgIpc) is 2.44. The second-order valence-corrected chi connectivity index (χ2v) is 13.0. The summed E-state index contributed by atoms with van der Waals surface area (Å²) in [4.78, 5) is 0.716. The van der Waals surface area contributed by atoms with E-state index in [9.17, 15) is 13.5 Å². The number of rotatable bonds is 1. The molecule has 3 rings (SSSR count). The van der Waals surface area contributed by atoms with Crippen molar-refractivity contribution in [3.63, 3.8) is 0 Å². The van der Waals surface area contributed by atoms with Crippen molar-refractivity contribution >= 4 is 28.3 Å². The number of fused-ring (bicyclic) bond motifs is 2. The fraction of sp³-hybridized carbons (Fsp3) is 0.294. The summed E-state index contributed by atoms with van der Waals surface area (Å²) in [6.45, 7) is 7.58. The standard InChI is InChI=1S/C17H20O3SSi/c1-17(2,18)12-8-7-11-15-16(12)21(19,20)13-9-5-6-10-14(13)22(15,3)4/h5-11,18H,1-4H3. The number of hydrogen-bond acceptors (Lipinski definition) is 3. The van der Waals surface area contributed by atoms with Gasteiger partial charge in [0.1, 0.15) is 8.07 Å². The van der Waals surface area contributed by atoms with Gasteiger partial charge < -0.3 is 5.11 Å². The third kappa shape index (κ3) is 2.00. The molecule has 0 fully saturated rings. The normalized spacial score (nSPS) is 18.4. The molecule has 0 spiro atoms. The van der Waals surface area contributed by atoms with Gasteiger partial charge in [0, 0.05) is 5.56 Å². The quantitative estimate of drug-likeness (QED) is 0.811. The van der Waals surface area contributed by atoms with Crippen molar-refractivity contribution in [3.05, 3.63) is 48.0 Å². The van der Waals surface area contributed by atoms with E-state index >= 15 is 0 Å². The Kier molecular flexibility index (Phi) is 3.19. The molecule has 1 aliphatic rings. The second-order valence-electron chi connectivity index (χ2n) is 6.87. The fourth-order valence-corrected chi connectivity index (χ4v) is 10.1. The lowest BCUT2D eigenvalue weighted by Gasteiger charge is -2.35. The van der Waals surface area contributed by atoms with Gasteiger partial charge in [-0.15, -0.1) is 0 Å². The predicted octanol–water partition coefficient (Wildman–Crippen LogP) is 1.88. The molecule has 116 valence electrons. The van der Waals surface area contributed by atoms with Crippen LogP contribution in [-0.2, 0) is 15.4 Å². The van der Waals surface area contributed by atoms with Gasteiger partial charge in [0.05, 0.1) is 15.4 Å². The minimum Gasteiger partial charge on any atom is -0.386 e. The van der Waals surface area contributed by atoms with Crippen LogP contribution in [0.25, 0.3) is 0 Å². The van der Waals surface area contributed by atoms with Gasteiger partial charge in [-0.25, -0.2) is 8.42 Å². The molecule has 22 heavy (non-hydrogen) atoms. The highest BCUT2D eigenvalue weighted by atomic mass is 32.2. The van der Waals surface area contributed by atoms with Crippen molar-refractivity contribution in [1.82, 2.24) is 0 Å². The van der Waals surface area contributed by atoms with Crippen LogP contribution in [0.15, 0.2) is 52.3 Å². The molecule has 3 nitrogen and oxygen atoms in total. The van der Waals surface area contributed by atoms with E-state index in [-0.39, 0.29) is 0 Å². The lowest BCUT2D eigenvalue weighted by atomic mass is 9.98. The van der Waals surface area contributed by atoms with Crippen molar-refractivity contribution < 1.29 is 13.5 Å². The van der Waals surface area contributed by atoms with Crippen LogP contribution in [0.3, 0.4) is 0 Å². The third-order valence-corrected chi connectivity index (χ3v) is 10.3. The lowest BCUT2D eigenvalue weighted by molar-refractivity contribution is 0.0757. The smallest absolute Gasteiger partial charge is 0.206 e. The SMILES string of the molecule is CC(C)(O)c1cccc2c1S(=O)(=O)c1ccccc1[Si]2(C)C. The fourth-order valence-electron chi connectivity index (χ4n) is 3.27. The van der Waals surface area contributed by atoms with Crippen LogP contribution in [0.1, 0.15) is 19.4 Å². The van der Waals surface area contributed by atoms with Crippen molar-refractivity contribution in [3.8, 4) is 0 Å². The Labute approximate surface area is 132 Å². The molecule has 0 aliphatic carbocycles. The van der Waals surface area contributed by atoms with Crippen LogP contribution in [0.2, 0.25) is 13.1 Å². The van der Waals surface area contributed by atoms with Crippen molar-refractivity contribution in [2.75, 3.05) is 0 Å².